The molecule has 0 aromatic heterocycles. The van der Waals surface area contributed by atoms with E-state index in [9.17, 15) is 4.57 Å². The van der Waals surface area contributed by atoms with Gasteiger partial charge in [-0.2, -0.15) is 5.06 Å². The second kappa shape index (κ2) is 11.9. The van der Waals surface area contributed by atoms with Gasteiger partial charge in [-0.3, -0.25) is 4.57 Å². The van der Waals surface area contributed by atoms with Gasteiger partial charge in [-0.25, -0.2) is 4.62 Å². The first kappa shape index (κ1) is 17.2. The lowest BCUT2D eigenvalue weighted by molar-refractivity contribution is -0.0663. The van der Waals surface area contributed by atoms with Crippen LogP contribution in [0.25, 0.3) is 0 Å². The fourth-order valence-corrected chi connectivity index (χ4v) is 3.15. The Labute approximate surface area is 118 Å². The molecule has 19 heavy (non-hydrogen) atoms. The molecular formula is C14H30NO3P. The fourth-order valence-electron chi connectivity index (χ4n) is 2.33. The summed E-state index contributed by atoms with van der Waals surface area (Å²) in [4.78, 5) is 0. The van der Waals surface area contributed by atoms with Crippen molar-refractivity contribution in [2.24, 2.45) is 0 Å². The highest BCUT2D eigenvalue weighted by molar-refractivity contribution is 7.33. The number of nitrogens with zero attached hydrogens (tertiary/aromatic N) is 1. The van der Waals surface area contributed by atoms with E-state index in [-0.39, 0.29) is 0 Å². The third-order valence-corrected chi connectivity index (χ3v) is 4.29. The van der Waals surface area contributed by atoms with E-state index in [1.165, 1.54) is 44.9 Å². The summed E-state index contributed by atoms with van der Waals surface area (Å²) in [5.74, 6) is 0. The average Bonchev–Trinajstić information content (AvgIpc) is 2.39. The van der Waals surface area contributed by atoms with Gasteiger partial charge in [0.25, 0.3) is 0 Å². The maximum Gasteiger partial charge on any atom is 0.335 e. The van der Waals surface area contributed by atoms with Crippen molar-refractivity contribution >= 4 is 8.25 Å². The molecule has 1 fully saturated rings. The predicted octanol–water partition coefficient (Wildman–Crippen LogP) is 4.56. The quantitative estimate of drug-likeness (QED) is 0.696. The summed E-state index contributed by atoms with van der Waals surface area (Å²) in [6, 6.07) is 0. The summed E-state index contributed by atoms with van der Waals surface area (Å²) in [7, 11) is -2.34. The maximum absolute atomic E-state index is 11.6. The molecule has 1 aliphatic heterocycles. The van der Waals surface area contributed by atoms with E-state index >= 15 is 0 Å². The van der Waals surface area contributed by atoms with Gasteiger partial charge >= 0.3 is 8.25 Å². The van der Waals surface area contributed by atoms with E-state index in [0.29, 0.717) is 6.61 Å². The molecule has 1 unspecified atom stereocenters. The average molecular weight is 291 g/mol. The topological polar surface area (TPSA) is 38.8 Å². The smallest absolute Gasteiger partial charge is 0.310 e. The van der Waals surface area contributed by atoms with Gasteiger partial charge in [-0.15, -0.1) is 0 Å². The summed E-state index contributed by atoms with van der Waals surface area (Å²) in [6.45, 7) is 4.29. The first-order chi connectivity index (χ1) is 9.33. The summed E-state index contributed by atoms with van der Waals surface area (Å²) in [6.07, 6.45) is 12.4. The van der Waals surface area contributed by atoms with Gasteiger partial charge in [-0.05, 0) is 19.3 Å². The standard InChI is InChI=1S/C14H30NO3P/c1-2-14-17-19(16)18-15-12-10-8-6-4-3-5-7-9-11-13-15/h19H,2-14H2,1H3. The van der Waals surface area contributed by atoms with Gasteiger partial charge in [0.05, 0.1) is 6.61 Å². The van der Waals surface area contributed by atoms with Crippen LogP contribution in [0.5, 0.6) is 0 Å². The lowest BCUT2D eigenvalue weighted by Gasteiger charge is -2.21. The molecule has 0 spiro atoms. The van der Waals surface area contributed by atoms with Gasteiger partial charge in [0.15, 0.2) is 0 Å². The molecule has 0 radical (unpaired) electrons. The second-order valence-electron chi connectivity index (χ2n) is 5.30. The van der Waals surface area contributed by atoms with E-state index in [0.717, 1.165) is 32.4 Å². The molecule has 0 amide bonds. The zero-order valence-electron chi connectivity index (χ0n) is 12.4. The highest BCUT2D eigenvalue weighted by atomic mass is 31.1. The molecule has 0 aromatic carbocycles. The molecule has 0 saturated carbocycles. The predicted molar refractivity (Wildman–Crippen MR) is 79.5 cm³/mol. The molecule has 0 aliphatic carbocycles. The van der Waals surface area contributed by atoms with Crippen molar-refractivity contribution in [3.05, 3.63) is 0 Å². The Hall–Kier alpha value is 0.110. The minimum atomic E-state index is -2.34. The Morgan fingerprint density at radius 3 is 1.84 bits per heavy atom. The van der Waals surface area contributed by atoms with Crippen molar-refractivity contribution in [2.75, 3.05) is 19.7 Å². The van der Waals surface area contributed by atoms with Crippen LogP contribution in [0.1, 0.15) is 71.1 Å². The van der Waals surface area contributed by atoms with Gasteiger partial charge < -0.3 is 4.52 Å². The molecule has 0 aromatic rings. The normalized spacial score (nSPS) is 22.4. The lowest BCUT2D eigenvalue weighted by atomic mass is 10.1. The van der Waals surface area contributed by atoms with Gasteiger partial charge in [-0.1, -0.05) is 51.9 Å². The minimum Gasteiger partial charge on any atom is -0.310 e. The van der Waals surface area contributed by atoms with Crippen LogP contribution < -0.4 is 0 Å². The summed E-state index contributed by atoms with van der Waals surface area (Å²) in [5, 5.41) is 1.87. The van der Waals surface area contributed by atoms with E-state index in [1.807, 2.05) is 12.0 Å². The lowest BCUT2D eigenvalue weighted by Crippen LogP contribution is -2.24. The molecule has 1 atom stereocenters. The monoisotopic (exact) mass is 291 g/mol. The van der Waals surface area contributed by atoms with Crippen LogP contribution in [0.15, 0.2) is 0 Å². The van der Waals surface area contributed by atoms with E-state index in [4.69, 9.17) is 9.15 Å². The van der Waals surface area contributed by atoms with Crippen LogP contribution in [0.3, 0.4) is 0 Å². The Balaban J connectivity index is 2.27. The SMILES string of the molecule is CCCO[PH](=O)ON1CCCCCCCCCCC1. The van der Waals surface area contributed by atoms with Crippen LogP contribution >= 0.6 is 8.25 Å². The Bertz CT molecular complexity index is 227. The highest BCUT2D eigenvalue weighted by Crippen LogP contribution is 2.26. The van der Waals surface area contributed by atoms with E-state index in [2.05, 4.69) is 0 Å². The number of hydrogen-bond donors (Lipinski definition) is 0. The number of rotatable bonds is 5. The van der Waals surface area contributed by atoms with Crippen molar-refractivity contribution in [3.63, 3.8) is 0 Å². The highest BCUT2D eigenvalue weighted by Gasteiger charge is 2.10. The van der Waals surface area contributed by atoms with Gasteiger partial charge in [0, 0.05) is 13.1 Å². The summed E-state index contributed by atoms with van der Waals surface area (Å²) in [5.41, 5.74) is 0. The minimum absolute atomic E-state index is 0.519. The fraction of sp³-hybridized carbons (Fsp3) is 1.00. The van der Waals surface area contributed by atoms with Crippen LogP contribution in [0.2, 0.25) is 0 Å². The molecule has 1 saturated heterocycles. The number of hydroxylamine groups is 2. The van der Waals surface area contributed by atoms with E-state index in [1.54, 1.807) is 0 Å². The van der Waals surface area contributed by atoms with Crippen molar-refractivity contribution in [1.82, 2.24) is 5.06 Å². The van der Waals surface area contributed by atoms with Crippen LogP contribution in [0.4, 0.5) is 0 Å². The first-order valence-corrected chi connectivity index (χ1v) is 9.15. The van der Waals surface area contributed by atoms with Crippen molar-refractivity contribution in [2.45, 2.75) is 71.1 Å². The zero-order valence-corrected chi connectivity index (χ0v) is 13.4. The molecule has 5 heteroatoms. The molecule has 1 rings (SSSR count). The third-order valence-electron chi connectivity index (χ3n) is 3.44. The number of hydrogen-bond acceptors (Lipinski definition) is 4. The van der Waals surface area contributed by atoms with Crippen LogP contribution in [-0.2, 0) is 13.7 Å². The van der Waals surface area contributed by atoms with Gasteiger partial charge in [0.1, 0.15) is 0 Å². The molecule has 0 bridgehead atoms. The molecule has 1 heterocycles. The summed E-state index contributed by atoms with van der Waals surface area (Å²) < 4.78 is 22.2. The van der Waals surface area contributed by atoms with E-state index < -0.39 is 8.25 Å². The Morgan fingerprint density at radius 1 is 0.895 bits per heavy atom. The second-order valence-corrected chi connectivity index (χ2v) is 6.27. The third kappa shape index (κ3) is 9.61. The molecular weight excluding hydrogens is 261 g/mol. The van der Waals surface area contributed by atoms with Gasteiger partial charge in [0.2, 0.25) is 0 Å². The molecule has 114 valence electrons. The first-order valence-electron chi connectivity index (χ1n) is 7.92. The Morgan fingerprint density at radius 2 is 1.37 bits per heavy atom. The van der Waals surface area contributed by atoms with Crippen molar-refractivity contribution < 1.29 is 13.7 Å². The maximum atomic E-state index is 11.6. The molecule has 4 nitrogen and oxygen atoms in total. The van der Waals surface area contributed by atoms with Crippen LogP contribution in [0, 0.1) is 0 Å². The molecule has 0 N–H and O–H groups in total. The summed E-state index contributed by atoms with van der Waals surface area (Å²) >= 11 is 0. The zero-order chi connectivity index (χ0) is 13.8. The van der Waals surface area contributed by atoms with Crippen molar-refractivity contribution in [1.29, 1.82) is 0 Å². The van der Waals surface area contributed by atoms with Crippen LogP contribution in [-0.4, -0.2) is 24.8 Å². The Kier molecular flexibility index (Phi) is 10.7. The largest absolute Gasteiger partial charge is 0.335 e. The van der Waals surface area contributed by atoms with Crippen molar-refractivity contribution in [3.8, 4) is 0 Å². The molecule has 1 aliphatic rings.